The Kier molecular flexibility index (Phi) is 4.13. The van der Waals surface area contributed by atoms with Crippen molar-refractivity contribution >= 4 is 6.03 Å². The fourth-order valence-electron chi connectivity index (χ4n) is 2.85. The second-order valence-electron chi connectivity index (χ2n) is 5.86. The van der Waals surface area contributed by atoms with Crippen LogP contribution in [0.3, 0.4) is 0 Å². The SMILES string of the molecule is Cc1ccc(CNC(=O)N2CCC[C@H]2c2cc(C)on2)cc1. The fourth-order valence-corrected chi connectivity index (χ4v) is 2.85. The van der Waals surface area contributed by atoms with E-state index in [1.807, 2.05) is 30.0 Å². The molecule has 5 nitrogen and oxygen atoms in total. The maximum atomic E-state index is 12.4. The van der Waals surface area contributed by atoms with Gasteiger partial charge in [-0.25, -0.2) is 4.79 Å². The Morgan fingerprint density at radius 2 is 2.14 bits per heavy atom. The molecule has 0 saturated carbocycles. The van der Waals surface area contributed by atoms with Crippen LogP contribution in [0.25, 0.3) is 0 Å². The molecule has 2 heterocycles. The fraction of sp³-hybridized carbons (Fsp3) is 0.412. The van der Waals surface area contributed by atoms with Crippen molar-refractivity contribution < 1.29 is 9.32 Å². The van der Waals surface area contributed by atoms with Crippen molar-refractivity contribution in [2.45, 2.75) is 39.3 Å². The minimum atomic E-state index is -0.0382. The number of nitrogens with zero attached hydrogens (tertiary/aromatic N) is 2. The Bertz CT molecular complexity index is 648. The van der Waals surface area contributed by atoms with Crippen LogP contribution in [0.4, 0.5) is 4.79 Å². The summed E-state index contributed by atoms with van der Waals surface area (Å²) in [6, 6.07) is 10.1. The Morgan fingerprint density at radius 1 is 1.36 bits per heavy atom. The standard InChI is InChI=1S/C17H21N3O2/c1-12-5-7-14(8-6-12)11-18-17(21)20-9-3-4-16(20)15-10-13(2)22-19-15/h5-8,10,16H,3-4,9,11H2,1-2H3,(H,18,21)/t16-/m0/s1. The maximum Gasteiger partial charge on any atom is 0.318 e. The number of rotatable bonds is 3. The van der Waals surface area contributed by atoms with E-state index in [0.29, 0.717) is 6.54 Å². The van der Waals surface area contributed by atoms with Gasteiger partial charge in [-0.1, -0.05) is 35.0 Å². The highest BCUT2D eigenvalue weighted by Gasteiger charge is 2.31. The van der Waals surface area contributed by atoms with Gasteiger partial charge in [0.1, 0.15) is 11.5 Å². The van der Waals surface area contributed by atoms with Crippen LogP contribution in [-0.2, 0) is 6.54 Å². The summed E-state index contributed by atoms with van der Waals surface area (Å²) in [4.78, 5) is 14.3. The number of likely N-dealkylation sites (tertiary alicyclic amines) is 1. The second kappa shape index (κ2) is 6.22. The summed E-state index contributed by atoms with van der Waals surface area (Å²) in [5.41, 5.74) is 3.17. The number of hydrogen-bond acceptors (Lipinski definition) is 3. The van der Waals surface area contributed by atoms with Crippen molar-refractivity contribution in [3.8, 4) is 0 Å². The molecule has 2 aromatic rings. The lowest BCUT2D eigenvalue weighted by Gasteiger charge is -2.23. The van der Waals surface area contributed by atoms with E-state index in [-0.39, 0.29) is 12.1 Å². The van der Waals surface area contributed by atoms with Crippen molar-refractivity contribution in [3.63, 3.8) is 0 Å². The van der Waals surface area contributed by atoms with Gasteiger partial charge < -0.3 is 14.7 Å². The zero-order valence-corrected chi connectivity index (χ0v) is 13.0. The smallest absolute Gasteiger partial charge is 0.318 e. The van der Waals surface area contributed by atoms with Crippen molar-refractivity contribution in [1.82, 2.24) is 15.4 Å². The molecule has 116 valence electrons. The normalized spacial score (nSPS) is 17.7. The van der Waals surface area contributed by atoms with Gasteiger partial charge in [-0.2, -0.15) is 0 Å². The summed E-state index contributed by atoms with van der Waals surface area (Å²) in [7, 11) is 0. The molecule has 1 fully saturated rings. The lowest BCUT2D eigenvalue weighted by atomic mass is 10.1. The van der Waals surface area contributed by atoms with E-state index in [9.17, 15) is 4.79 Å². The molecule has 1 aliphatic rings. The molecule has 3 rings (SSSR count). The summed E-state index contributed by atoms with van der Waals surface area (Å²) in [6.45, 7) is 5.22. The van der Waals surface area contributed by atoms with Gasteiger partial charge in [0, 0.05) is 19.2 Å². The summed E-state index contributed by atoms with van der Waals surface area (Å²) < 4.78 is 5.14. The second-order valence-corrected chi connectivity index (χ2v) is 5.86. The van der Waals surface area contributed by atoms with Gasteiger partial charge in [-0.05, 0) is 32.3 Å². The number of benzene rings is 1. The van der Waals surface area contributed by atoms with E-state index in [1.54, 1.807) is 0 Å². The van der Waals surface area contributed by atoms with Crippen LogP contribution in [0.2, 0.25) is 0 Å². The van der Waals surface area contributed by atoms with E-state index in [4.69, 9.17) is 4.52 Å². The number of aryl methyl sites for hydroxylation is 2. The first-order valence-electron chi connectivity index (χ1n) is 7.67. The summed E-state index contributed by atoms with van der Waals surface area (Å²) in [5.74, 6) is 0.780. The topological polar surface area (TPSA) is 58.4 Å². The molecule has 0 radical (unpaired) electrons. The number of carbonyl (C=O) groups excluding carboxylic acids is 1. The molecule has 22 heavy (non-hydrogen) atoms. The predicted molar refractivity (Wildman–Crippen MR) is 83.3 cm³/mol. The first-order chi connectivity index (χ1) is 10.6. The quantitative estimate of drug-likeness (QED) is 0.945. The van der Waals surface area contributed by atoms with Crippen LogP contribution in [0.1, 0.15) is 41.5 Å². The van der Waals surface area contributed by atoms with Crippen LogP contribution < -0.4 is 5.32 Å². The van der Waals surface area contributed by atoms with E-state index in [0.717, 1.165) is 36.4 Å². The molecular weight excluding hydrogens is 278 g/mol. The van der Waals surface area contributed by atoms with Crippen molar-refractivity contribution in [2.75, 3.05) is 6.54 Å². The monoisotopic (exact) mass is 299 g/mol. The van der Waals surface area contributed by atoms with Gasteiger partial charge in [0.15, 0.2) is 0 Å². The molecule has 0 aliphatic carbocycles. The Labute approximate surface area is 130 Å². The molecule has 1 aliphatic heterocycles. The molecule has 1 saturated heterocycles. The zero-order valence-electron chi connectivity index (χ0n) is 13.0. The van der Waals surface area contributed by atoms with Gasteiger partial charge in [0.2, 0.25) is 0 Å². The molecule has 2 amide bonds. The first-order valence-corrected chi connectivity index (χ1v) is 7.67. The lowest BCUT2D eigenvalue weighted by molar-refractivity contribution is 0.190. The number of urea groups is 1. The van der Waals surface area contributed by atoms with E-state index >= 15 is 0 Å². The average Bonchev–Trinajstić information content (AvgIpc) is 3.14. The van der Waals surface area contributed by atoms with E-state index in [1.165, 1.54) is 5.56 Å². The number of aromatic nitrogens is 1. The molecule has 5 heteroatoms. The van der Waals surface area contributed by atoms with Gasteiger partial charge in [0.25, 0.3) is 0 Å². The van der Waals surface area contributed by atoms with E-state index in [2.05, 4.69) is 29.5 Å². The van der Waals surface area contributed by atoms with Crippen molar-refractivity contribution in [2.24, 2.45) is 0 Å². The third kappa shape index (κ3) is 3.13. The molecule has 0 unspecified atom stereocenters. The highest BCUT2D eigenvalue weighted by Crippen LogP contribution is 2.31. The largest absolute Gasteiger partial charge is 0.361 e. The maximum absolute atomic E-state index is 12.4. The van der Waals surface area contributed by atoms with Gasteiger partial charge in [-0.15, -0.1) is 0 Å². The first kappa shape index (κ1) is 14.6. The van der Waals surface area contributed by atoms with Crippen molar-refractivity contribution in [3.05, 3.63) is 52.9 Å². The number of amides is 2. The van der Waals surface area contributed by atoms with Crippen LogP contribution in [0, 0.1) is 13.8 Å². The average molecular weight is 299 g/mol. The molecule has 0 bridgehead atoms. The molecule has 1 atom stereocenters. The molecule has 0 spiro atoms. The van der Waals surface area contributed by atoms with Gasteiger partial charge in [0.05, 0.1) is 6.04 Å². The van der Waals surface area contributed by atoms with Crippen molar-refractivity contribution in [1.29, 1.82) is 0 Å². The number of carbonyl (C=O) groups is 1. The van der Waals surface area contributed by atoms with Crippen LogP contribution in [0.5, 0.6) is 0 Å². The summed E-state index contributed by atoms with van der Waals surface area (Å²) >= 11 is 0. The third-order valence-electron chi connectivity index (χ3n) is 4.07. The van der Waals surface area contributed by atoms with Gasteiger partial charge >= 0.3 is 6.03 Å². The molecule has 1 N–H and O–H groups in total. The minimum Gasteiger partial charge on any atom is -0.361 e. The van der Waals surface area contributed by atoms with Crippen LogP contribution in [0.15, 0.2) is 34.9 Å². The Morgan fingerprint density at radius 3 is 2.82 bits per heavy atom. The molecule has 1 aromatic heterocycles. The number of nitrogens with one attached hydrogen (secondary N) is 1. The summed E-state index contributed by atoms with van der Waals surface area (Å²) in [5, 5.41) is 7.06. The Hall–Kier alpha value is -2.30. The van der Waals surface area contributed by atoms with E-state index < -0.39 is 0 Å². The highest BCUT2D eigenvalue weighted by atomic mass is 16.5. The van der Waals surface area contributed by atoms with Crippen LogP contribution >= 0.6 is 0 Å². The highest BCUT2D eigenvalue weighted by molar-refractivity contribution is 5.75. The Balaban J connectivity index is 1.62. The minimum absolute atomic E-state index is 0.0236. The lowest BCUT2D eigenvalue weighted by Crippen LogP contribution is -2.39. The predicted octanol–water partition coefficient (Wildman–Crippen LogP) is 3.34. The zero-order chi connectivity index (χ0) is 15.5. The van der Waals surface area contributed by atoms with Gasteiger partial charge in [-0.3, -0.25) is 0 Å². The van der Waals surface area contributed by atoms with Crippen LogP contribution in [-0.4, -0.2) is 22.6 Å². The molecular formula is C17H21N3O2. The summed E-state index contributed by atoms with van der Waals surface area (Å²) in [6.07, 6.45) is 1.93. The molecule has 1 aromatic carbocycles. The third-order valence-corrected chi connectivity index (χ3v) is 4.07. The number of hydrogen-bond donors (Lipinski definition) is 1.